The van der Waals surface area contributed by atoms with Gasteiger partial charge >= 0.3 is 0 Å². The van der Waals surface area contributed by atoms with Crippen LogP contribution in [0.15, 0.2) is 59.0 Å². The van der Waals surface area contributed by atoms with E-state index >= 15 is 0 Å². The molecule has 2 heterocycles. The van der Waals surface area contributed by atoms with Crippen molar-refractivity contribution in [1.82, 2.24) is 9.55 Å². The molecule has 6 nitrogen and oxygen atoms in total. The number of hydrogen-bond acceptors (Lipinski definition) is 5. The van der Waals surface area contributed by atoms with Gasteiger partial charge in [0.2, 0.25) is 5.91 Å². The van der Waals surface area contributed by atoms with E-state index in [1.165, 1.54) is 29.3 Å². The van der Waals surface area contributed by atoms with E-state index in [1.54, 1.807) is 18.2 Å². The number of benzene rings is 2. The third-order valence-corrected chi connectivity index (χ3v) is 5.85. The lowest BCUT2D eigenvalue weighted by Gasteiger charge is -2.11. The number of nitrogens with one attached hydrogen (secondary N) is 1. The highest BCUT2D eigenvalue weighted by molar-refractivity contribution is 7.17. The fourth-order valence-corrected chi connectivity index (χ4v) is 4.25. The number of fused-ring (bicyclic) bond motifs is 1. The van der Waals surface area contributed by atoms with Crippen LogP contribution in [0.25, 0.3) is 21.3 Å². The number of amides is 1. The molecule has 2 aromatic carbocycles. The second kappa shape index (κ2) is 8.30. The molecular formula is C22H18ClN3O3S. The van der Waals surface area contributed by atoms with Gasteiger partial charge in [-0.05, 0) is 42.3 Å². The molecule has 4 rings (SSSR count). The summed E-state index contributed by atoms with van der Waals surface area (Å²) in [4.78, 5) is 29.9. The number of nitrogens with zero attached hydrogens (tertiary/aromatic N) is 2. The number of hydrogen-bond donors (Lipinski definition) is 1. The molecule has 2 aromatic heterocycles. The Morgan fingerprint density at radius 2 is 2.00 bits per heavy atom. The molecule has 0 aliphatic heterocycles. The van der Waals surface area contributed by atoms with E-state index in [0.29, 0.717) is 26.7 Å². The van der Waals surface area contributed by atoms with Crippen molar-refractivity contribution in [2.24, 2.45) is 0 Å². The molecular weight excluding hydrogens is 422 g/mol. The predicted octanol–water partition coefficient (Wildman–Crippen LogP) is 4.73. The molecule has 4 aromatic rings. The summed E-state index contributed by atoms with van der Waals surface area (Å²) in [6.07, 6.45) is 1.41. The SMILES string of the molecule is COc1ccc(C)cc1NC(=O)Cn1cnc2c(-c3ccc(Cl)cc3)csc2c1=O. The molecule has 0 atom stereocenters. The van der Waals surface area contributed by atoms with Gasteiger partial charge in [0.25, 0.3) is 5.56 Å². The Morgan fingerprint density at radius 3 is 2.73 bits per heavy atom. The van der Waals surface area contributed by atoms with Crippen LogP contribution >= 0.6 is 22.9 Å². The molecule has 152 valence electrons. The minimum atomic E-state index is -0.336. The van der Waals surface area contributed by atoms with Crippen LogP contribution in [0.4, 0.5) is 5.69 Å². The molecule has 0 unspecified atom stereocenters. The molecule has 0 saturated heterocycles. The van der Waals surface area contributed by atoms with Crippen LogP contribution in [0, 0.1) is 6.92 Å². The molecule has 1 amide bonds. The summed E-state index contributed by atoms with van der Waals surface area (Å²) in [5.74, 6) is 0.220. The summed E-state index contributed by atoms with van der Waals surface area (Å²) in [6.45, 7) is 1.78. The number of thiophene rings is 1. The number of halogens is 1. The maximum Gasteiger partial charge on any atom is 0.271 e. The molecule has 0 radical (unpaired) electrons. The van der Waals surface area contributed by atoms with Gasteiger partial charge in [-0.3, -0.25) is 14.2 Å². The fourth-order valence-electron chi connectivity index (χ4n) is 3.15. The number of aromatic nitrogens is 2. The highest BCUT2D eigenvalue weighted by atomic mass is 35.5. The smallest absolute Gasteiger partial charge is 0.271 e. The van der Waals surface area contributed by atoms with Crippen molar-refractivity contribution in [1.29, 1.82) is 0 Å². The minimum Gasteiger partial charge on any atom is -0.495 e. The van der Waals surface area contributed by atoms with E-state index in [-0.39, 0.29) is 18.0 Å². The molecule has 1 N–H and O–H groups in total. The van der Waals surface area contributed by atoms with Crippen molar-refractivity contribution in [3.63, 3.8) is 0 Å². The van der Waals surface area contributed by atoms with E-state index in [1.807, 2.05) is 36.6 Å². The molecule has 0 aliphatic carbocycles. The zero-order chi connectivity index (χ0) is 21.3. The van der Waals surface area contributed by atoms with E-state index in [9.17, 15) is 9.59 Å². The van der Waals surface area contributed by atoms with Crippen LogP contribution < -0.4 is 15.6 Å². The van der Waals surface area contributed by atoms with Crippen LogP contribution in [0.1, 0.15) is 5.56 Å². The predicted molar refractivity (Wildman–Crippen MR) is 121 cm³/mol. The number of carbonyl (C=O) groups is 1. The zero-order valence-corrected chi connectivity index (χ0v) is 17.9. The van der Waals surface area contributed by atoms with Crippen LogP contribution in [0.3, 0.4) is 0 Å². The number of ether oxygens (including phenoxy) is 1. The summed E-state index contributed by atoms with van der Waals surface area (Å²) in [5, 5.41) is 5.34. The Bertz CT molecular complexity index is 1300. The molecule has 8 heteroatoms. The van der Waals surface area contributed by atoms with Gasteiger partial charge < -0.3 is 10.1 Å². The molecule has 0 bridgehead atoms. The average molecular weight is 440 g/mol. The quantitative estimate of drug-likeness (QED) is 0.487. The van der Waals surface area contributed by atoms with Crippen molar-refractivity contribution in [2.75, 3.05) is 12.4 Å². The van der Waals surface area contributed by atoms with Gasteiger partial charge in [-0.2, -0.15) is 0 Å². The van der Waals surface area contributed by atoms with E-state index in [2.05, 4.69) is 10.3 Å². The van der Waals surface area contributed by atoms with Crippen LogP contribution in [-0.2, 0) is 11.3 Å². The maximum atomic E-state index is 12.9. The average Bonchev–Trinajstić information content (AvgIpc) is 3.16. The van der Waals surface area contributed by atoms with Crippen LogP contribution in [0.2, 0.25) is 5.02 Å². The summed E-state index contributed by atoms with van der Waals surface area (Å²) in [7, 11) is 1.54. The van der Waals surface area contributed by atoms with Crippen molar-refractivity contribution in [2.45, 2.75) is 13.5 Å². The van der Waals surface area contributed by atoms with Crippen molar-refractivity contribution in [3.8, 4) is 16.9 Å². The largest absolute Gasteiger partial charge is 0.495 e. The number of anilines is 1. The lowest BCUT2D eigenvalue weighted by atomic mass is 10.1. The van der Waals surface area contributed by atoms with Gasteiger partial charge in [-0.15, -0.1) is 11.3 Å². The first-order valence-corrected chi connectivity index (χ1v) is 10.4. The third kappa shape index (κ3) is 3.94. The number of methoxy groups -OCH3 is 1. The standard InChI is InChI=1S/C22H18ClN3O3S/c1-13-3-8-18(29-2)17(9-13)25-19(27)10-26-12-24-20-16(11-30-21(20)22(26)28)14-4-6-15(23)7-5-14/h3-9,11-12H,10H2,1-2H3,(H,25,27). The van der Waals surface area contributed by atoms with Crippen LogP contribution in [0.5, 0.6) is 5.75 Å². The fraction of sp³-hybridized carbons (Fsp3) is 0.136. The van der Waals surface area contributed by atoms with Crippen molar-refractivity contribution in [3.05, 3.63) is 75.1 Å². The van der Waals surface area contributed by atoms with Crippen LogP contribution in [-0.4, -0.2) is 22.6 Å². The number of rotatable bonds is 5. The Balaban J connectivity index is 1.60. The normalized spacial score (nSPS) is 10.9. The van der Waals surface area contributed by atoms with E-state index in [0.717, 1.165) is 16.7 Å². The lowest BCUT2D eigenvalue weighted by molar-refractivity contribution is -0.116. The highest BCUT2D eigenvalue weighted by Gasteiger charge is 2.15. The van der Waals surface area contributed by atoms with Gasteiger partial charge in [0.05, 0.1) is 24.6 Å². The van der Waals surface area contributed by atoms with Gasteiger partial charge in [-0.25, -0.2) is 4.98 Å². The zero-order valence-electron chi connectivity index (χ0n) is 16.3. The minimum absolute atomic E-state index is 0.146. The van der Waals surface area contributed by atoms with E-state index in [4.69, 9.17) is 16.3 Å². The molecule has 30 heavy (non-hydrogen) atoms. The second-order valence-corrected chi connectivity index (χ2v) is 8.08. The molecule has 0 fully saturated rings. The first-order chi connectivity index (χ1) is 14.5. The summed E-state index contributed by atoms with van der Waals surface area (Å²) in [6, 6.07) is 12.9. The van der Waals surface area contributed by atoms with Crippen molar-refractivity contribution < 1.29 is 9.53 Å². The number of carbonyl (C=O) groups excluding carboxylic acids is 1. The van der Waals surface area contributed by atoms with Gasteiger partial charge in [-0.1, -0.05) is 29.8 Å². The van der Waals surface area contributed by atoms with Gasteiger partial charge in [0, 0.05) is 16.0 Å². The topological polar surface area (TPSA) is 73.2 Å². The molecule has 0 spiro atoms. The Hall–Kier alpha value is -3.16. The maximum absolute atomic E-state index is 12.9. The van der Waals surface area contributed by atoms with Crippen molar-refractivity contribution >= 4 is 44.7 Å². The second-order valence-electron chi connectivity index (χ2n) is 6.76. The van der Waals surface area contributed by atoms with E-state index < -0.39 is 0 Å². The summed E-state index contributed by atoms with van der Waals surface area (Å²) >= 11 is 7.27. The molecule has 0 saturated carbocycles. The first kappa shape index (κ1) is 20.1. The Kier molecular flexibility index (Phi) is 5.57. The monoisotopic (exact) mass is 439 g/mol. The lowest BCUT2D eigenvalue weighted by Crippen LogP contribution is -2.27. The highest BCUT2D eigenvalue weighted by Crippen LogP contribution is 2.31. The Labute approximate surface area is 181 Å². The number of aryl methyl sites for hydroxylation is 1. The first-order valence-electron chi connectivity index (χ1n) is 9.13. The Morgan fingerprint density at radius 1 is 1.23 bits per heavy atom. The summed E-state index contributed by atoms with van der Waals surface area (Å²) in [5.41, 5.74) is 3.70. The molecule has 0 aliphatic rings. The third-order valence-electron chi connectivity index (χ3n) is 4.64. The van der Waals surface area contributed by atoms with Gasteiger partial charge in [0.15, 0.2) is 0 Å². The summed E-state index contributed by atoms with van der Waals surface area (Å²) < 4.78 is 7.09. The van der Waals surface area contributed by atoms with Gasteiger partial charge in [0.1, 0.15) is 17.0 Å².